The highest BCUT2D eigenvalue weighted by Crippen LogP contribution is 2.19. The number of carbonyl (C=O) groups excluding carboxylic acids is 1. The average Bonchev–Trinajstić information content (AvgIpc) is 2.68. The molecule has 2 N–H and O–H groups in total. The molecule has 4 heteroatoms. The number of nitrogens with two attached hydrogens (primary N) is 1. The Kier molecular flexibility index (Phi) is 3.38. The van der Waals surface area contributed by atoms with E-state index in [9.17, 15) is 4.79 Å². The predicted octanol–water partition coefficient (Wildman–Crippen LogP) is 1.83. The summed E-state index contributed by atoms with van der Waals surface area (Å²) >= 11 is 1.52. The summed E-state index contributed by atoms with van der Waals surface area (Å²) in [6.07, 6.45) is 3.95. The number of hydrogen-bond acceptors (Lipinski definition) is 3. The van der Waals surface area contributed by atoms with Crippen LogP contribution in [-0.2, 0) is 6.54 Å². The van der Waals surface area contributed by atoms with Crippen molar-refractivity contribution in [2.45, 2.75) is 25.8 Å². The molecule has 2 rings (SSSR count). The largest absolute Gasteiger partial charge is 0.365 e. The molecule has 0 unspecified atom stereocenters. The van der Waals surface area contributed by atoms with Gasteiger partial charge in [0.25, 0.3) is 5.91 Å². The molecule has 0 bridgehead atoms. The Morgan fingerprint density at radius 3 is 2.67 bits per heavy atom. The number of thiophene rings is 1. The first kappa shape index (κ1) is 10.6. The highest BCUT2D eigenvalue weighted by Gasteiger charge is 2.12. The predicted molar refractivity (Wildman–Crippen MR) is 62.0 cm³/mol. The molecule has 1 saturated heterocycles. The highest BCUT2D eigenvalue weighted by molar-refractivity contribution is 7.14. The minimum Gasteiger partial charge on any atom is -0.365 e. The fourth-order valence-corrected chi connectivity index (χ4v) is 2.84. The zero-order valence-electron chi connectivity index (χ0n) is 8.74. The van der Waals surface area contributed by atoms with Gasteiger partial charge in [0.2, 0.25) is 0 Å². The second kappa shape index (κ2) is 4.77. The Hall–Kier alpha value is -0.870. The zero-order valence-corrected chi connectivity index (χ0v) is 9.55. The van der Waals surface area contributed by atoms with Gasteiger partial charge in [-0.05, 0) is 38.1 Å². The molecular formula is C11H16N2OS. The third-order valence-electron chi connectivity index (χ3n) is 2.73. The van der Waals surface area contributed by atoms with Crippen molar-refractivity contribution in [3.05, 3.63) is 21.9 Å². The fourth-order valence-electron chi connectivity index (χ4n) is 1.93. The smallest absolute Gasteiger partial charge is 0.258 e. The first-order chi connectivity index (χ1) is 7.25. The van der Waals surface area contributed by atoms with Crippen LogP contribution >= 0.6 is 11.3 Å². The van der Waals surface area contributed by atoms with Crippen LogP contribution in [0.25, 0.3) is 0 Å². The van der Waals surface area contributed by atoms with E-state index in [1.807, 2.05) is 12.1 Å². The number of rotatable bonds is 3. The average molecular weight is 224 g/mol. The summed E-state index contributed by atoms with van der Waals surface area (Å²) in [5.41, 5.74) is 5.22. The molecule has 0 atom stereocenters. The molecule has 3 nitrogen and oxygen atoms in total. The first-order valence-electron chi connectivity index (χ1n) is 5.36. The molecule has 1 aromatic heterocycles. The van der Waals surface area contributed by atoms with E-state index in [-0.39, 0.29) is 5.91 Å². The van der Waals surface area contributed by atoms with Crippen LogP contribution in [0.5, 0.6) is 0 Å². The Bertz CT molecular complexity index is 342. The van der Waals surface area contributed by atoms with E-state index in [0.717, 1.165) is 6.54 Å². The van der Waals surface area contributed by atoms with Crippen LogP contribution in [0.2, 0.25) is 0 Å². The SMILES string of the molecule is NC(=O)c1ccc(CN2CCCCC2)s1. The summed E-state index contributed by atoms with van der Waals surface area (Å²) in [4.78, 5) is 15.3. The summed E-state index contributed by atoms with van der Waals surface area (Å²) in [6, 6.07) is 3.84. The number of nitrogens with zero attached hydrogens (tertiary/aromatic N) is 1. The van der Waals surface area contributed by atoms with Crippen molar-refractivity contribution in [3.63, 3.8) is 0 Å². The lowest BCUT2D eigenvalue weighted by Crippen LogP contribution is -2.28. The molecule has 0 saturated carbocycles. The number of amides is 1. The van der Waals surface area contributed by atoms with Gasteiger partial charge in [0.05, 0.1) is 4.88 Å². The van der Waals surface area contributed by atoms with Crippen molar-refractivity contribution in [3.8, 4) is 0 Å². The van der Waals surface area contributed by atoms with E-state index in [0.29, 0.717) is 4.88 Å². The van der Waals surface area contributed by atoms with Gasteiger partial charge in [-0.2, -0.15) is 0 Å². The van der Waals surface area contributed by atoms with Crippen molar-refractivity contribution in [1.82, 2.24) is 4.90 Å². The Balaban J connectivity index is 1.94. The normalized spacial score (nSPS) is 17.9. The van der Waals surface area contributed by atoms with E-state index < -0.39 is 0 Å². The third kappa shape index (κ3) is 2.79. The van der Waals surface area contributed by atoms with Gasteiger partial charge >= 0.3 is 0 Å². The summed E-state index contributed by atoms with van der Waals surface area (Å²) in [5.74, 6) is -0.315. The van der Waals surface area contributed by atoms with Gasteiger partial charge in [0.15, 0.2) is 0 Å². The van der Waals surface area contributed by atoms with Gasteiger partial charge in [-0.15, -0.1) is 11.3 Å². The summed E-state index contributed by atoms with van der Waals surface area (Å²) < 4.78 is 0. The molecular weight excluding hydrogens is 208 g/mol. The van der Waals surface area contributed by atoms with Crippen LogP contribution in [-0.4, -0.2) is 23.9 Å². The lowest BCUT2D eigenvalue weighted by Gasteiger charge is -2.25. The van der Waals surface area contributed by atoms with Gasteiger partial charge in [-0.3, -0.25) is 9.69 Å². The molecule has 1 amide bonds. The summed E-state index contributed by atoms with van der Waals surface area (Å²) in [7, 11) is 0. The molecule has 1 aliphatic rings. The molecule has 0 radical (unpaired) electrons. The maximum Gasteiger partial charge on any atom is 0.258 e. The highest BCUT2D eigenvalue weighted by atomic mass is 32.1. The van der Waals surface area contributed by atoms with Crippen LogP contribution < -0.4 is 5.73 Å². The number of piperidine rings is 1. The van der Waals surface area contributed by atoms with Crippen LogP contribution in [0.15, 0.2) is 12.1 Å². The van der Waals surface area contributed by atoms with Crippen molar-refractivity contribution >= 4 is 17.2 Å². The molecule has 0 aromatic carbocycles. The van der Waals surface area contributed by atoms with E-state index >= 15 is 0 Å². The first-order valence-corrected chi connectivity index (χ1v) is 6.18. The fraction of sp³-hybridized carbons (Fsp3) is 0.545. The van der Waals surface area contributed by atoms with Gasteiger partial charge < -0.3 is 5.73 Å². The van der Waals surface area contributed by atoms with E-state index in [1.54, 1.807) is 0 Å². The topological polar surface area (TPSA) is 46.3 Å². The number of hydrogen-bond donors (Lipinski definition) is 1. The summed E-state index contributed by atoms with van der Waals surface area (Å²) in [6.45, 7) is 3.34. The Morgan fingerprint density at radius 2 is 2.07 bits per heavy atom. The minimum absolute atomic E-state index is 0.315. The van der Waals surface area contributed by atoms with Gasteiger partial charge in [-0.25, -0.2) is 0 Å². The zero-order chi connectivity index (χ0) is 10.7. The Morgan fingerprint density at radius 1 is 1.33 bits per heavy atom. The van der Waals surface area contributed by atoms with Gasteiger partial charge in [0.1, 0.15) is 0 Å². The molecule has 82 valence electrons. The molecule has 1 fully saturated rings. The Labute approximate surface area is 93.9 Å². The quantitative estimate of drug-likeness (QED) is 0.851. The standard InChI is InChI=1S/C11H16N2OS/c12-11(14)10-5-4-9(15-10)8-13-6-2-1-3-7-13/h4-5H,1-3,6-8H2,(H2,12,14). The minimum atomic E-state index is -0.315. The van der Waals surface area contributed by atoms with Gasteiger partial charge in [-0.1, -0.05) is 6.42 Å². The van der Waals surface area contributed by atoms with E-state index in [1.165, 1.54) is 48.6 Å². The van der Waals surface area contributed by atoms with Crippen molar-refractivity contribution in [2.75, 3.05) is 13.1 Å². The molecule has 0 aliphatic carbocycles. The van der Waals surface area contributed by atoms with E-state index in [2.05, 4.69) is 4.90 Å². The third-order valence-corrected chi connectivity index (χ3v) is 3.82. The molecule has 1 aromatic rings. The maximum absolute atomic E-state index is 10.9. The lowest BCUT2D eigenvalue weighted by atomic mass is 10.1. The lowest BCUT2D eigenvalue weighted by molar-refractivity contribution is 0.100. The molecule has 15 heavy (non-hydrogen) atoms. The summed E-state index contributed by atoms with van der Waals surface area (Å²) in [5, 5.41) is 0. The van der Waals surface area contributed by atoms with Crippen LogP contribution in [0, 0.1) is 0 Å². The van der Waals surface area contributed by atoms with Crippen molar-refractivity contribution in [1.29, 1.82) is 0 Å². The maximum atomic E-state index is 10.9. The van der Waals surface area contributed by atoms with E-state index in [4.69, 9.17) is 5.73 Å². The molecule has 2 heterocycles. The number of likely N-dealkylation sites (tertiary alicyclic amines) is 1. The molecule has 1 aliphatic heterocycles. The monoisotopic (exact) mass is 224 g/mol. The second-order valence-electron chi connectivity index (χ2n) is 3.97. The van der Waals surface area contributed by atoms with Crippen LogP contribution in [0.1, 0.15) is 33.8 Å². The van der Waals surface area contributed by atoms with Crippen molar-refractivity contribution < 1.29 is 4.79 Å². The van der Waals surface area contributed by atoms with Gasteiger partial charge in [0, 0.05) is 11.4 Å². The van der Waals surface area contributed by atoms with Crippen LogP contribution in [0.3, 0.4) is 0 Å². The second-order valence-corrected chi connectivity index (χ2v) is 5.14. The molecule has 0 spiro atoms. The number of carbonyl (C=O) groups is 1. The van der Waals surface area contributed by atoms with Crippen molar-refractivity contribution in [2.24, 2.45) is 5.73 Å². The van der Waals surface area contributed by atoms with Crippen LogP contribution in [0.4, 0.5) is 0 Å². The number of primary amides is 1.